The highest BCUT2D eigenvalue weighted by Gasteiger charge is 2.17. The first-order valence-electron chi connectivity index (χ1n) is 10.8. The molecule has 0 aromatic heterocycles. The molecule has 0 spiro atoms. The fraction of sp³-hybridized carbons (Fsp3) is 1.00. The van der Waals surface area contributed by atoms with Crippen LogP contribution < -0.4 is 0 Å². The lowest BCUT2D eigenvalue weighted by atomic mass is 9.88. The van der Waals surface area contributed by atoms with Crippen LogP contribution in [-0.2, 0) is 0 Å². The molecule has 0 heterocycles. The van der Waals surface area contributed by atoms with E-state index in [-0.39, 0.29) is 6.10 Å². The third-order valence-corrected chi connectivity index (χ3v) is 4.23. The molecule has 1 N–H and O–H groups in total. The van der Waals surface area contributed by atoms with E-state index in [9.17, 15) is 5.11 Å². The van der Waals surface area contributed by atoms with Crippen molar-refractivity contribution in [3.63, 3.8) is 0 Å². The SMILES string of the molecule is CC.CC1CCCCC1O.CCCCC.CCCCCCCC. The first kappa shape index (κ1) is 27.8. The van der Waals surface area contributed by atoms with Gasteiger partial charge in [-0.15, -0.1) is 0 Å². The molecule has 0 aliphatic heterocycles. The second-order valence-corrected chi connectivity index (χ2v) is 6.60. The third kappa shape index (κ3) is 27.1. The predicted molar refractivity (Wildman–Crippen MR) is 109 cm³/mol. The first-order chi connectivity index (χ1) is 11.1. The summed E-state index contributed by atoms with van der Waals surface area (Å²) in [7, 11) is 0. The Bertz CT molecular complexity index is 149. The van der Waals surface area contributed by atoms with Gasteiger partial charge in [0.05, 0.1) is 6.10 Å². The number of rotatable bonds is 7. The number of hydrogen-bond acceptors (Lipinski definition) is 1. The molecule has 1 aliphatic carbocycles. The standard InChI is InChI=1S/C8H18.C7H14O.C5H12.C2H6/c1-3-5-7-8-6-4-2;1-6-4-2-3-5-7(6)8;1-3-5-4-2;1-2/h3-8H2,1-2H3;6-8H,2-5H2,1H3;3-5H2,1-2H3;1-2H3. The molecule has 0 radical (unpaired) electrons. The Morgan fingerprint density at radius 2 is 1.04 bits per heavy atom. The van der Waals surface area contributed by atoms with Gasteiger partial charge in [0.15, 0.2) is 0 Å². The van der Waals surface area contributed by atoms with Crippen molar-refractivity contribution in [3.05, 3.63) is 0 Å². The minimum absolute atomic E-state index is 0.00347. The summed E-state index contributed by atoms with van der Waals surface area (Å²) in [6, 6.07) is 0. The Kier molecular flexibility index (Phi) is 32.4. The number of hydrogen-bond donors (Lipinski definition) is 1. The smallest absolute Gasteiger partial charge is 0.0565 e. The summed E-state index contributed by atoms with van der Waals surface area (Å²) in [6.45, 7) is 15.1. The van der Waals surface area contributed by atoms with Crippen LogP contribution in [0.4, 0.5) is 0 Å². The van der Waals surface area contributed by atoms with Crippen molar-refractivity contribution in [2.75, 3.05) is 0 Å². The van der Waals surface area contributed by atoms with Crippen LogP contribution in [0.5, 0.6) is 0 Å². The van der Waals surface area contributed by atoms with E-state index in [1.54, 1.807) is 0 Å². The van der Waals surface area contributed by atoms with Crippen molar-refractivity contribution in [1.29, 1.82) is 0 Å². The van der Waals surface area contributed by atoms with E-state index in [2.05, 4.69) is 34.6 Å². The first-order valence-corrected chi connectivity index (χ1v) is 10.8. The van der Waals surface area contributed by atoms with Crippen molar-refractivity contribution in [3.8, 4) is 0 Å². The van der Waals surface area contributed by atoms with Gasteiger partial charge in [-0.05, 0) is 18.8 Å². The number of aliphatic hydroxyl groups is 1. The van der Waals surface area contributed by atoms with Crippen molar-refractivity contribution < 1.29 is 5.11 Å². The fourth-order valence-electron chi connectivity index (χ4n) is 2.50. The van der Waals surface area contributed by atoms with Crippen LogP contribution in [0, 0.1) is 5.92 Å². The fourth-order valence-corrected chi connectivity index (χ4v) is 2.50. The Morgan fingerprint density at radius 3 is 1.26 bits per heavy atom. The molecule has 1 rings (SSSR count). The summed E-state index contributed by atoms with van der Waals surface area (Å²) in [5.41, 5.74) is 0. The molecule has 0 bridgehead atoms. The summed E-state index contributed by atoms with van der Waals surface area (Å²) >= 11 is 0. The minimum atomic E-state index is 0.00347. The number of unbranched alkanes of at least 4 members (excludes halogenated alkanes) is 7. The van der Waals surface area contributed by atoms with Gasteiger partial charge in [-0.25, -0.2) is 0 Å². The van der Waals surface area contributed by atoms with Crippen LogP contribution in [0.1, 0.15) is 132 Å². The third-order valence-electron chi connectivity index (χ3n) is 4.23. The second-order valence-electron chi connectivity index (χ2n) is 6.60. The van der Waals surface area contributed by atoms with Gasteiger partial charge in [0.1, 0.15) is 0 Å². The Hall–Kier alpha value is -0.0400. The molecule has 0 amide bonds. The molecular weight excluding hydrogens is 280 g/mol. The molecule has 1 saturated carbocycles. The predicted octanol–water partition coefficient (Wildman–Crippen LogP) is 8.15. The molecule has 1 nitrogen and oxygen atoms in total. The zero-order chi connectivity index (χ0) is 18.3. The van der Waals surface area contributed by atoms with Crippen molar-refractivity contribution >= 4 is 0 Å². The van der Waals surface area contributed by atoms with Crippen LogP contribution in [-0.4, -0.2) is 11.2 Å². The topological polar surface area (TPSA) is 20.2 Å². The van der Waals surface area contributed by atoms with E-state index >= 15 is 0 Å². The van der Waals surface area contributed by atoms with Gasteiger partial charge in [0.25, 0.3) is 0 Å². The molecule has 0 aromatic rings. The molecular formula is C22H50O. The van der Waals surface area contributed by atoms with E-state index in [0.29, 0.717) is 5.92 Å². The summed E-state index contributed by atoms with van der Waals surface area (Å²) in [5, 5.41) is 9.18. The van der Waals surface area contributed by atoms with Crippen LogP contribution >= 0.6 is 0 Å². The van der Waals surface area contributed by atoms with Crippen LogP contribution in [0.25, 0.3) is 0 Å². The van der Waals surface area contributed by atoms with Crippen LogP contribution in [0.2, 0.25) is 0 Å². The van der Waals surface area contributed by atoms with Gasteiger partial charge >= 0.3 is 0 Å². The highest BCUT2D eigenvalue weighted by molar-refractivity contribution is 4.69. The van der Waals surface area contributed by atoms with E-state index < -0.39 is 0 Å². The van der Waals surface area contributed by atoms with Gasteiger partial charge in [-0.2, -0.15) is 0 Å². The Balaban J connectivity index is -0.000000254. The average molecular weight is 331 g/mol. The lowest BCUT2D eigenvalue weighted by Gasteiger charge is -2.23. The van der Waals surface area contributed by atoms with Crippen molar-refractivity contribution in [2.45, 2.75) is 138 Å². The summed E-state index contributed by atoms with van der Waals surface area (Å²) in [4.78, 5) is 0. The summed E-state index contributed by atoms with van der Waals surface area (Å²) < 4.78 is 0. The number of aliphatic hydroxyl groups excluding tert-OH is 1. The monoisotopic (exact) mass is 330 g/mol. The maximum atomic E-state index is 9.18. The molecule has 23 heavy (non-hydrogen) atoms. The van der Waals surface area contributed by atoms with E-state index in [1.807, 2.05) is 13.8 Å². The lowest BCUT2D eigenvalue weighted by molar-refractivity contribution is 0.0793. The largest absolute Gasteiger partial charge is 0.393 e. The van der Waals surface area contributed by atoms with Crippen molar-refractivity contribution in [2.24, 2.45) is 5.92 Å². The van der Waals surface area contributed by atoms with Gasteiger partial charge < -0.3 is 5.11 Å². The maximum Gasteiger partial charge on any atom is 0.0565 e. The second kappa shape index (κ2) is 26.8. The van der Waals surface area contributed by atoms with Gasteiger partial charge in [0, 0.05) is 0 Å². The quantitative estimate of drug-likeness (QED) is 0.467. The van der Waals surface area contributed by atoms with Crippen molar-refractivity contribution in [1.82, 2.24) is 0 Å². The highest BCUT2D eigenvalue weighted by Crippen LogP contribution is 2.22. The normalized spacial score (nSPS) is 19.3. The van der Waals surface area contributed by atoms with Crippen LogP contribution in [0.3, 0.4) is 0 Å². The minimum Gasteiger partial charge on any atom is -0.393 e. The summed E-state index contributed by atoms with van der Waals surface area (Å²) in [5.74, 6) is 0.559. The molecule has 144 valence electrons. The summed E-state index contributed by atoms with van der Waals surface area (Å²) in [6.07, 6.45) is 17.4. The van der Waals surface area contributed by atoms with E-state index in [0.717, 1.165) is 6.42 Å². The molecule has 0 aromatic carbocycles. The van der Waals surface area contributed by atoms with Gasteiger partial charge in [-0.1, -0.05) is 119 Å². The Morgan fingerprint density at radius 1 is 0.652 bits per heavy atom. The maximum absolute atomic E-state index is 9.18. The molecule has 2 atom stereocenters. The van der Waals surface area contributed by atoms with E-state index in [1.165, 1.54) is 77.0 Å². The van der Waals surface area contributed by atoms with Gasteiger partial charge in [0.2, 0.25) is 0 Å². The molecule has 1 heteroatoms. The lowest BCUT2D eigenvalue weighted by Crippen LogP contribution is -2.21. The zero-order valence-corrected chi connectivity index (χ0v) is 17.8. The van der Waals surface area contributed by atoms with E-state index in [4.69, 9.17) is 0 Å². The zero-order valence-electron chi connectivity index (χ0n) is 17.8. The Labute approximate surface area is 149 Å². The molecule has 2 unspecified atom stereocenters. The molecule has 0 saturated heterocycles. The molecule has 1 fully saturated rings. The highest BCUT2D eigenvalue weighted by atomic mass is 16.3. The average Bonchev–Trinajstić information content (AvgIpc) is 2.58. The van der Waals surface area contributed by atoms with Gasteiger partial charge in [-0.3, -0.25) is 0 Å². The molecule has 1 aliphatic rings. The van der Waals surface area contributed by atoms with Crippen LogP contribution in [0.15, 0.2) is 0 Å².